The fraction of sp³-hybridized carbons (Fsp3) is 0.550. The summed E-state index contributed by atoms with van der Waals surface area (Å²) < 4.78 is 5.55. The molecule has 0 radical (unpaired) electrons. The molecule has 1 aliphatic carbocycles. The summed E-state index contributed by atoms with van der Waals surface area (Å²) in [5, 5.41) is 0. The molecule has 3 amide bonds. The Morgan fingerprint density at radius 2 is 1.96 bits per heavy atom. The Hall–Kier alpha value is -2.21. The maximum atomic E-state index is 12.8. The van der Waals surface area contributed by atoms with Crippen molar-refractivity contribution in [1.29, 1.82) is 0 Å². The van der Waals surface area contributed by atoms with Crippen LogP contribution in [0.1, 0.15) is 63.7 Å². The summed E-state index contributed by atoms with van der Waals surface area (Å²) in [7, 11) is 1.80. The molecule has 0 N–H and O–H groups in total. The third-order valence-electron chi connectivity index (χ3n) is 5.86. The third-order valence-corrected chi connectivity index (χ3v) is 5.86. The first kappa shape index (κ1) is 17.2. The van der Waals surface area contributed by atoms with Gasteiger partial charge in [0.1, 0.15) is 0 Å². The minimum absolute atomic E-state index is 0.0798. The van der Waals surface area contributed by atoms with Crippen LogP contribution in [0, 0.1) is 5.92 Å². The molecule has 2 unspecified atom stereocenters. The number of ether oxygens (including phenoxy) is 1. The first-order chi connectivity index (χ1) is 12.5. The number of fused-ring (bicyclic) bond motifs is 1. The van der Waals surface area contributed by atoms with Crippen LogP contribution in [0.5, 0.6) is 0 Å². The lowest BCUT2D eigenvalue weighted by molar-refractivity contribution is 0.0475. The Morgan fingerprint density at radius 3 is 2.62 bits per heavy atom. The van der Waals surface area contributed by atoms with Crippen molar-refractivity contribution < 1.29 is 19.1 Å². The van der Waals surface area contributed by atoms with Gasteiger partial charge in [0, 0.05) is 25.3 Å². The number of carbonyl (C=O) groups excluding carboxylic acids is 3. The SMILES string of the molecule is CC(C1CC1)N(C)C(=O)c1ccc2c(c1)C(=O)N(CC1CCCO1)C2=O. The molecule has 4 rings (SSSR count). The summed E-state index contributed by atoms with van der Waals surface area (Å²) in [6.45, 7) is 3.02. The molecular weight excluding hydrogens is 332 g/mol. The van der Waals surface area contributed by atoms with Crippen LogP contribution in [-0.4, -0.2) is 59.9 Å². The maximum Gasteiger partial charge on any atom is 0.261 e. The summed E-state index contributed by atoms with van der Waals surface area (Å²) in [5.41, 5.74) is 1.16. The molecule has 2 heterocycles. The average molecular weight is 356 g/mol. The van der Waals surface area contributed by atoms with Crippen LogP contribution in [0.4, 0.5) is 0 Å². The number of benzene rings is 1. The molecule has 2 fully saturated rings. The molecule has 26 heavy (non-hydrogen) atoms. The van der Waals surface area contributed by atoms with E-state index in [0.717, 1.165) is 25.7 Å². The second kappa shape index (κ2) is 6.50. The Labute approximate surface area is 153 Å². The number of nitrogens with zero attached hydrogens (tertiary/aromatic N) is 2. The number of rotatable bonds is 5. The van der Waals surface area contributed by atoms with Crippen LogP contribution in [0.25, 0.3) is 0 Å². The molecule has 0 aromatic heterocycles. The lowest BCUT2D eigenvalue weighted by Crippen LogP contribution is -2.37. The van der Waals surface area contributed by atoms with E-state index >= 15 is 0 Å². The van der Waals surface area contributed by atoms with Crippen molar-refractivity contribution in [3.63, 3.8) is 0 Å². The van der Waals surface area contributed by atoms with Gasteiger partial charge in [0.15, 0.2) is 0 Å². The van der Waals surface area contributed by atoms with Crippen LogP contribution in [0.2, 0.25) is 0 Å². The Balaban J connectivity index is 1.54. The minimum atomic E-state index is -0.326. The van der Waals surface area contributed by atoms with Gasteiger partial charge in [-0.05, 0) is 56.7 Å². The first-order valence-corrected chi connectivity index (χ1v) is 9.36. The standard InChI is InChI=1S/C20H24N2O4/c1-12(13-5-6-13)21(2)18(23)14-7-8-16-17(10-14)20(25)22(19(16)24)11-15-4-3-9-26-15/h7-8,10,12-13,15H,3-6,9,11H2,1-2H3. The molecule has 3 aliphatic rings. The van der Waals surface area contributed by atoms with Crippen molar-refractivity contribution in [2.24, 2.45) is 5.92 Å². The normalized spacial score (nSPS) is 23.3. The van der Waals surface area contributed by atoms with Gasteiger partial charge >= 0.3 is 0 Å². The monoisotopic (exact) mass is 356 g/mol. The fourth-order valence-corrected chi connectivity index (χ4v) is 3.86. The summed E-state index contributed by atoms with van der Waals surface area (Å²) in [6.07, 6.45) is 4.06. The molecule has 0 bridgehead atoms. The van der Waals surface area contributed by atoms with Gasteiger partial charge in [-0.3, -0.25) is 19.3 Å². The number of hydrogen-bond acceptors (Lipinski definition) is 4. The van der Waals surface area contributed by atoms with Crippen molar-refractivity contribution in [2.45, 2.75) is 44.8 Å². The number of imide groups is 1. The van der Waals surface area contributed by atoms with Gasteiger partial charge in [0.05, 0.1) is 23.8 Å². The first-order valence-electron chi connectivity index (χ1n) is 9.36. The van der Waals surface area contributed by atoms with Gasteiger partial charge in [-0.2, -0.15) is 0 Å². The highest BCUT2D eigenvalue weighted by atomic mass is 16.5. The zero-order valence-electron chi connectivity index (χ0n) is 15.2. The van der Waals surface area contributed by atoms with E-state index in [1.165, 1.54) is 4.90 Å². The molecule has 1 aromatic rings. The second-order valence-electron chi connectivity index (χ2n) is 7.61. The third kappa shape index (κ3) is 2.92. The van der Waals surface area contributed by atoms with Crippen LogP contribution in [0.3, 0.4) is 0 Å². The molecule has 2 aliphatic heterocycles. The van der Waals surface area contributed by atoms with E-state index in [2.05, 4.69) is 6.92 Å². The Morgan fingerprint density at radius 1 is 1.23 bits per heavy atom. The van der Waals surface area contributed by atoms with E-state index in [9.17, 15) is 14.4 Å². The van der Waals surface area contributed by atoms with Crippen molar-refractivity contribution >= 4 is 17.7 Å². The van der Waals surface area contributed by atoms with E-state index in [0.29, 0.717) is 29.2 Å². The zero-order chi connectivity index (χ0) is 18.4. The summed E-state index contributed by atoms with van der Waals surface area (Å²) in [5.74, 6) is -0.152. The van der Waals surface area contributed by atoms with Gasteiger partial charge in [-0.25, -0.2) is 0 Å². The quantitative estimate of drug-likeness (QED) is 0.760. The predicted octanol–water partition coefficient (Wildman–Crippen LogP) is 2.33. The van der Waals surface area contributed by atoms with E-state index in [1.54, 1.807) is 30.1 Å². The highest BCUT2D eigenvalue weighted by Gasteiger charge is 2.38. The summed E-state index contributed by atoms with van der Waals surface area (Å²) in [6, 6.07) is 5.01. The zero-order valence-corrected chi connectivity index (χ0v) is 15.2. The largest absolute Gasteiger partial charge is 0.376 e. The van der Waals surface area contributed by atoms with Crippen LogP contribution >= 0.6 is 0 Å². The maximum absolute atomic E-state index is 12.8. The number of carbonyl (C=O) groups is 3. The van der Waals surface area contributed by atoms with Crippen LogP contribution in [-0.2, 0) is 4.74 Å². The highest BCUT2D eigenvalue weighted by Crippen LogP contribution is 2.35. The predicted molar refractivity (Wildman–Crippen MR) is 95.1 cm³/mol. The fourth-order valence-electron chi connectivity index (χ4n) is 3.86. The molecular formula is C20H24N2O4. The summed E-state index contributed by atoms with van der Waals surface area (Å²) in [4.78, 5) is 41.0. The molecule has 138 valence electrons. The topological polar surface area (TPSA) is 66.9 Å². The summed E-state index contributed by atoms with van der Waals surface area (Å²) >= 11 is 0. The lowest BCUT2D eigenvalue weighted by atomic mass is 10.0. The van der Waals surface area contributed by atoms with Crippen molar-refractivity contribution in [1.82, 2.24) is 9.80 Å². The van der Waals surface area contributed by atoms with E-state index in [-0.39, 0.29) is 36.4 Å². The van der Waals surface area contributed by atoms with Gasteiger partial charge in [0.25, 0.3) is 17.7 Å². The Bertz CT molecular complexity index is 765. The van der Waals surface area contributed by atoms with Crippen molar-refractivity contribution in [3.8, 4) is 0 Å². The molecule has 1 saturated heterocycles. The molecule has 1 saturated carbocycles. The van der Waals surface area contributed by atoms with Crippen molar-refractivity contribution in [2.75, 3.05) is 20.2 Å². The van der Waals surface area contributed by atoms with E-state index in [1.807, 2.05) is 0 Å². The minimum Gasteiger partial charge on any atom is -0.376 e. The highest BCUT2D eigenvalue weighted by molar-refractivity contribution is 6.22. The molecule has 0 spiro atoms. The lowest BCUT2D eigenvalue weighted by Gasteiger charge is -2.25. The van der Waals surface area contributed by atoms with E-state index < -0.39 is 0 Å². The van der Waals surface area contributed by atoms with Gasteiger partial charge in [0.2, 0.25) is 0 Å². The Kier molecular flexibility index (Phi) is 4.31. The van der Waals surface area contributed by atoms with Crippen LogP contribution < -0.4 is 0 Å². The van der Waals surface area contributed by atoms with Gasteiger partial charge in [-0.1, -0.05) is 0 Å². The second-order valence-corrected chi connectivity index (χ2v) is 7.61. The molecule has 6 heteroatoms. The smallest absolute Gasteiger partial charge is 0.261 e. The molecule has 1 aromatic carbocycles. The van der Waals surface area contributed by atoms with Gasteiger partial charge in [-0.15, -0.1) is 0 Å². The number of amides is 3. The van der Waals surface area contributed by atoms with E-state index in [4.69, 9.17) is 4.74 Å². The van der Waals surface area contributed by atoms with Gasteiger partial charge < -0.3 is 9.64 Å². The molecule has 6 nitrogen and oxygen atoms in total. The van der Waals surface area contributed by atoms with Crippen molar-refractivity contribution in [3.05, 3.63) is 34.9 Å². The molecule has 2 atom stereocenters. The van der Waals surface area contributed by atoms with Crippen LogP contribution in [0.15, 0.2) is 18.2 Å². The average Bonchev–Trinajstić information content (AvgIpc) is 3.33. The number of hydrogen-bond donors (Lipinski definition) is 0.